The maximum Gasteiger partial charge on any atom is 0.472 e. The van der Waals surface area contributed by atoms with Gasteiger partial charge in [0.2, 0.25) is 0 Å². The van der Waals surface area contributed by atoms with Crippen LogP contribution >= 0.6 is 7.82 Å². The lowest BCUT2D eigenvalue weighted by Crippen LogP contribution is -2.51. The van der Waals surface area contributed by atoms with Crippen molar-refractivity contribution >= 4 is 13.8 Å². The van der Waals surface area contributed by atoms with Gasteiger partial charge in [-0.15, -0.1) is 0 Å². The highest BCUT2D eigenvalue weighted by Gasteiger charge is 2.59. The molecule has 0 aromatic rings. The molecule has 3 fully saturated rings. The quantitative estimate of drug-likeness (QED) is 0.0620. The molecule has 2 unspecified atom stereocenters. The number of carbonyl (C=O) groups excluding carboxylic acids is 1. The fourth-order valence-electron chi connectivity index (χ4n) is 9.86. The van der Waals surface area contributed by atoms with Crippen molar-refractivity contribution in [3.8, 4) is 0 Å². The minimum absolute atomic E-state index is 0. The molecule has 0 aromatic carbocycles. The van der Waals surface area contributed by atoms with E-state index in [0.29, 0.717) is 22.9 Å². The summed E-state index contributed by atoms with van der Waals surface area (Å²) in [5, 5.41) is 0. The molecule has 0 amide bonds. The number of phosphoric acid groups is 1. The number of quaternary nitrogens is 1. The zero-order chi connectivity index (χ0) is 32.3. The molecule has 0 spiro atoms. The average Bonchev–Trinajstić information content (AvgIpc) is 3.27. The summed E-state index contributed by atoms with van der Waals surface area (Å²) in [5.74, 6) is 4.68. The van der Waals surface area contributed by atoms with Crippen molar-refractivity contribution < 1.29 is 38.0 Å². The van der Waals surface area contributed by atoms with Crippen molar-refractivity contribution in [3.63, 3.8) is 0 Å². The van der Waals surface area contributed by atoms with Crippen LogP contribution in [-0.2, 0) is 23.1 Å². The van der Waals surface area contributed by atoms with Gasteiger partial charge < -0.3 is 19.6 Å². The molecule has 8 nitrogen and oxygen atoms in total. The number of esters is 1. The molecule has 0 radical (unpaired) electrons. The number of carbonyl (C=O) groups is 1. The first kappa shape index (κ1) is 38.7. The van der Waals surface area contributed by atoms with Crippen LogP contribution in [0.3, 0.4) is 0 Å². The molecule has 262 valence electrons. The molecular formula is C36H66NO7P. The highest BCUT2D eigenvalue weighted by molar-refractivity contribution is 7.47. The van der Waals surface area contributed by atoms with E-state index >= 15 is 0 Å². The number of phosphoric ester groups is 1. The van der Waals surface area contributed by atoms with Crippen molar-refractivity contribution in [1.29, 1.82) is 0 Å². The van der Waals surface area contributed by atoms with Crippen molar-refractivity contribution in [2.24, 2.45) is 46.3 Å². The molecule has 2 N–H and O–H groups in total. The van der Waals surface area contributed by atoms with Crippen LogP contribution in [0.25, 0.3) is 0 Å². The van der Waals surface area contributed by atoms with Crippen molar-refractivity contribution in [1.82, 2.24) is 0 Å². The normalized spacial score (nSPS) is 34.9. The number of fused-ring (bicyclic) bond motifs is 5. The first-order valence-corrected chi connectivity index (χ1v) is 19.3. The number of nitrogens with zero attached hydrogens (tertiary/aromatic N) is 1. The largest absolute Gasteiger partial charge is 0.870 e. The fourth-order valence-corrected chi connectivity index (χ4v) is 10.6. The van der Waals surface area contributed by atoms with E-state index in [0.717, 1.165) is 54.8 Å². The van der Waals surface area contributed by atoms with Crippen LogP contribution in [-0.4, -0.2) is 67.8 Å². The zero-order valence-corrected chi connectivity index (χ0v) is 30.7. The summed E-state index contributed by atoms with van der Waals surface area (Å²) in [7, 11) is 1.85. The van der Waals surface area contributed by atoms with Crippen molar-refractivity contribution in [2.75, 3.05) is 40.9 Å². The van der Waals surface area contributed by atoms with E-state index in [1.165, 1.54) is 56.9 Å². The molecule has 0 aromatic heterocycles. The lowest BCUT2D eigenvalue weighted by Gasteiger charge is -2.58. The summed E-state index contributed by atoms with van der Waals surface area (Å²) in [6.45, 7) is 13.1. The van der Waals surface area contributed by atoms with Crippen LogP contribution in [0.15, 0.2) is 11.6 Å². The Labute approximate surface area is 274 Å². The van der Waals surface area contributed by atoms with Crippen LogP contribution in [0.1, 0.15) is 118 Å². The van der Waals surface area contributed by atoms with Gasteiger partial charge in [-0.2, -0.15) is 0 Å². The van der Waals surface area contributed by atoms with Crippen LogP contribution in [0, 0.1) is 46.3 Å². The van der Waals surface area contributed by atoms with Gasteiger partial charge in [0.05, 0.1) is 27.7 Å². The number of allylic oxidation sites excluding steroid dienone is 1. The van der Waals surface area contributed by atoms with E-state index in [2.05, 4.69) is 40.7 Å². The summed E-state index contributed by atoms with van der Waals surface area (Å²) < 4.78 is 28.8. The van der Waals surface area contributed by atoms with Gasteiger partial charge in [0.15, 0.2) is 0 Å². The van der Waals surface area contributed by atoms with Gasteiger partial charge in [0, 0.05) is 12.8 Å². The molecule has 9 atom stereocenters. The minimum atomic E-state index is -4.11. The predicted octanol–water partition coefficient (Wildman–Crippen LogP) is 8.38. The second-order valence-corrected chi connectivity index (χ2v) is 18.4. The third kappa shape index (κ3) is 9.66. The SMILES string of the molecule is CC(C)CCC[C@@H](C)[C@H]1CC[C@H]2[C@@H]3CC=C4CC(OC(=O)CCCOP(=O)(O)OCC[N+](C)(C)C)CC[C@]4(C)[C@H]3CC[C@]12C.[OH-]. The topological polar surface area (TPSA) is 112 Å². The Morgan fingerprint density at radius 3 is 2.40 bits per heavy atom. The van der Waals surface area contributed by atoms with Gasteiger partial charge in [-0.25, -0.2) is 4.57 Å². The summed E-state index contributed by atoms with van der Waals surface area (Å²) in [6.07, 6.45) is 16.7. The maximum atomic E-state index is 12.7. The van der Waals surface area contributed by atoms with Gasteiger partial charge in [0.1, 0.15) is 19.3 Å². The molecule has 4 aliphatic rings. The summed E-state index contributed by atoms with van der Waals surface area (Å²) >= 11 is 0. The van der Waals surface area contributed by atoms with Gasteiger partial charge in [0.25, 0.3) is 0 Å². The van der Waals surface area contributed by atoms with E-state index < -0.39 is 7.82 Å². The Bertz CT molecular complexity index is 1060. The monoisotopic (exact) mass is 655 g/mol. The third-order valence-corrected chi connectivity index (χ3v) is 13.4. The lowest BCUT2D eigenvalue weighted by atomic mass is 9.47. The summed E-state index contributed by atoms with van der Waals surface area (Å²) in [6, 6.07) is 0. The Hall–Kier alpha value is -0.760. The zero-order valence-electron chi connectivity index (χ0n) is 29.8. The van der Waals surface area contributed by atoms with E-state index in [-0.39, 0.29) is 42.6 Å². The standard InChI is InChI=1S/C36H64NO6P.H2O/c1-26(2)11-9-12-27(3)31-16-17-32-30-15-14-28-25-29(18-20-35(28,4)33(30)19-21-36(31,32)5)43-34(38)13-10-23-41-44(39,40)42-24-22-37(6,7)8;/h14,26-27,29-33H,9-13,15-25H2,1-8H3;1H2/t27-,29?,30+,31-,32+,33+,35+,36-;/m1./s1. The van der Waals surface area contributed by atoms with Gasteiger partial charge >= 0.3 is 13.8 Å². The molecule has 9 heteroatoms. The van der Waals surface area contributed by atoms with Gasteiger partial charge in [-0.1, -0.05) is 65.5 Å². The fraction of sp³-hybridized carbons (Fsp3) is 0.917. The van der Waals surface area contributed by atoms with E-state index in [1.54, 1.807) is 0 Å². The smallest absolute Gasteiger partial charge is 0.472 e. The Kier molecular flexibility index (Phi) is 13.4. The summed E-state index contributed by atoms with van der Waals surface area (Å²) in [5.41, 5.74) is 2.26. The van der Waals surface area contributed by atoms with Crippen molar-refractivity contribution in [2.45, 2.75) is 124 Å². The van der Waals surface area contributed by atoms with Crippen LogP contribution in [0.2, 0.25) is 0 Å². The molecule has 0 heterocycles. The van der Waals surface area contributed by atoms with Gasteiger partial charge in [-0.05, 0) is 97.7 Å². The van der Waals surface area contributed by atoms with E-state index in [9.17, 15) is 14.3 Å². The van der Waals surface area contributed by atoms with Crippen LogP contribution in [0.4, 0.5) is 0 Å². The average molecular weight is 656 g/mol. The van der Waals surface area contributed by atoms with E-state index in [1.807, 2.05) is 21.1 Å². The number of likely N-dealkylation sites (N-methyl/N-ethyl adjacent to an activating group) is 1. The van der Waals surface area contributed by atoms with Crippen LogP contribution in [0.5, 0.6) is 0 Å². The molecule has 0 aliphatic heterocycles. The maximum absolute atomic E-state index is 12.7. The highest BCUT2D eigenvalue weighted by atomic mass is 31.2. The third-order valence-electron chi connectivity index (χ3n) is 12.4. The Balaban J connectivity index is 0.00000552. The predicted molar refractivity (Wildman–Crippen MR) is 179 cm³/mol. The molecule has 3 saturated carbocycles. The van der Waals surface area contributed by atoms with Gasteiger partial charge in [-0.3, -0.25) is 13.8 Å². The second kappa shape index (κ2) is 15.6. The molecule has 4 aliphatic carbocycles. The second-order valence-electron chi connectivity index (χ2n) is 16.9. The Morgan fingerprint density at radius 1 is 1.00 bits per heavy atom. The minimum Gasteiger partial charge on any atom is -0.870 e. The number of rotatable bonds is 15. The molecule has 0 bridgehead atoms. The first-order chi connectivity index (χ1) is 20.5. The number of ether oxygens (including phenoxy) is 1. The number of hydrogen-bond acceptors (Lipinski definition) is 6. The highest BCUT2D eigenvalue weighted by Crippen LogP contribution is 2.67. The lowest BCUT2D eigenvalue weighted by molar-refractivity contribution is -0.870. The van der Waals surface area contributed by atoms with E-state index in [4.69, 9.17) is 13.8 Å². The van der Waals surface area contributed by atoms with Crippen LogP contribution < -0.4 is 0 Å². The summed E-state index contributed by atoms with van der Waals surface area (Å²) in [4.78, 5) is 22.6. The molecule has 4 rings (SSSR count). The Morgan fingerprint density at radius 2 is 1.71 bits per heavy atom. The molecule has 0 saturated heterocycles. The molecule has 45 heavy (non-hydrogen) atoms. The first-order valence-electron chi connectivity index (χ1n) is 17.9. The molecular weight excluding hydrogens is 589 g/mol. The number of hydrogen-bond donors (Lipinski definition) is 1. The van der Waals surface area contributed by atoms with Crippen molar-refractivity contribution in [3.05, 3.63) is 11.6 Å².